The molecule has 0 spiro atoms. The van der Waals surface area contributed by atoms with Crippen LogP contribution < -0.4 is 10.1 Å². The summed E-state index contributed by atoms with van der Waals surface area (Å²) in [5.41, 5.74) is 4.80. The number of piperidine rings is 1. The van der Waals surface area contributed by atoms with E-state index in [4.69, 9.17) is 4.74 Å². The van der Waals surface area contributed by atoms with Crippen molar-refractivity contribution < 1.29 is 17.9 Å². The Kier molecular flexibility index (Phi) is 7.95. The van der Waals surface area contributed by atoms with Crippen LogP contribution in [-0.2, 0) is 40.7 Å². The lowest BCUT2D eigenvalue weighted by atomic mass is 10.0. The Bertz CT molecular complexity index is 1790. The lowest BCUT2D eigenvalue weighted by Crippen LogP contribution is -2.45. The van der Waals surface area contributed by atoms with E-state index < -0.39 is 16.1 Å². The van der Waals surface area contributed by atoms with Crippen molar-refractivity contribution in [2.24, 2.45) is 0 Å². The van der Waals surface area contributed by atoms with Gasteiger partial charge in [-0.3, -0.25) is 9.69 Å². The molecule has 0 saturated carbocycles. The third-order valence-electron chi connectivity index (χ3n) is 9.54. The highest BCUT2D eigenvalue weighted by Crippen LogP contribution is 2.35. The summed E-state index contributed by atoms with van der Waals surface area (Å²) in [5, 5.41) is 4.98. The van der Waals surface area contributed by atoms with Crippen molar-refractivity contribution in [2.75, 3.05) is 26.7 Å². The molecule has 1 fully saturated rings. The highest BCUT2D eigenvalue weighted by atomic mass is 32.2. The third-order valence-corrected chi connectivity index (χ3v) is 11.4. The Hall–Kier alpha value is -3.66. The van der Waals surface area contributed by atoms with Gasteiger partial charge in [0.1, 0.15) is 5.75 Å². The molecule has 1 amide bonds. The average Bonchev–Trinajstić information content (AvgIpc) is 3.67. The van der Waals surface area contributed by atoms with E-state index in [9.17, 15) is 13.2 Å². The molecule has 4 aromatic rings. The van der Waals surface area contributed by atoms with Gasteiger partial charge in [-0.1, -0.05) is 36.8 Å². The number of amides is 1. The molecule has 3 heterocycles. The molecule has 0 bridgehead atoms. The van der Waals surface area contributed by atoms with Gasteiger partial charge in [0.05, 0.1) is 18.0 Å². The van der Waals surface area contributed by atoms with Crippen LogP contribution in [0.5, 0.6) is 5.75 Å². The summed E-state index contributed by atoms with van der Waals surface area (Å²) in [5.74, 6) is 0.598. The number of nitrogens with one attached hydrogen (secondary N) is 1. The number of hydrogen-bond donors (Lipinski definition) is 1. The van der Waals surface area contributed by atoms with Crippen molar-refractivity contribution in [2.45, 2.75) is 68.6 Å². The lowest BCUT2D eigenvalue weighted by molar-refractivity contribution is -0.122. The number of carbonyl (C=O) groups excluding carboxylic acids is 1. The van der Waals surface area contributed by atoms with E-state index in [0.717, 1.165) is 41.6 Å². The number of ether oxygens (including phenoxy) is 1. The molecule has 3 aromatic carbocycles. The second kappa shape index (κ2) is 12.0. The number of benzene rings is 3. The van der Waals surface area contributed by atoms with Crippen LogP contribution >= 0.6 is 0 Å². The molecule has 1 saturated heterocycles. The van der Waals surface area contributed by atoms with Gasteiger partial charge in [0.15, 0.2) is 0 Å². The molecule has 230 valence electrons. The first kappa shape index (κ1) is 29.1. The van der Waals surface area contributed by atoms with Crippen LogP contribution in [0.4, 0.5) is 0 Å². The molecule has 9 heteroatoms. The normalized spacial score (nSPS) is 20.8. The zero-order valence-electron chi connectivity index (χ0n) is 25.2. The third kappa shape index (κ3) is 5.76. The number of hydrogen-bond acceptors (Lipinski definition) is 5. The summed E-state index contributed by atoms with van der Waals surface area (Å²) in [6.07, 6.45) is 7.53. The van der Waals surface area contributed by atoms with Gasteiger partial charge in [-0.15, -0.1) is 0 Å². The number of likely N-dealkylation sites (tertiary alicyclic amines) is 1. The van der Waals surface area contributed by atoms with E-state index in [2.05, 4.69) is 33.0 Å². The minimum Gasteiger partial charge on any atom is -0.497 e. The topological polar surface area (TPSA) is 83.9 Å². The lowest BCUT2D eigenvalue weighted by Gasteiger charge is -2.36. The quantitative estimate of drug-likeness (QED) is 0.301. The number of nitrogens with zero attached hydrogens (tertiary/aromatic N) is 3. The summed E-state index contributed by atoms with van der Waals surface area (Å²) in [6, 6.07) is 20.8. The number of methoxy groups -OCH3 is 1. The van der Waals surface area contributed by atoms with Crippen LogP contribution in [-0.4, -0.2) is 60.9 Å². The Morgan fingerprint density at radius 2 is 1.68 bits per heavy atom. The number of sulfonamides is 1. The van der Waals surface area contributed by atoms with Gasteiger partial charge in [-0.2, -0.15) is 4.31 Å². The summed E-state index contributed by atoms with van der Waals surface area (Å²) in [4.78, 5) is 16.3. The van der Waals surface area contributed by atoms with E-state index in [0.29, 0.717) is 13.1 Å². The minimum atomic E-state index is -3.87. The first-order valence-electron chi connectivity index (χ1n) is 15.7. The molecule has 2 aliphatic heterocycles. The van der Waals surface area contributed by atoms with E-state index in [1.165, 1.54) is 53.3 Å². The van der Waals surface area contributed by atoms with Crippen LogP contribution in [0.25, 0.3) is 10.8 Å². The fourth-order valence-electron chi connectivity index (χ4n) is 7.27. The molecule has 0 radical (unpaired) electrons. The van der Waals surface area contributed by atoms with Gasteiger partial charge < -0.3 is 14.6 Å². The molecule has 1 N–H and O–H groups in total. The van der Waals surface area contributed by atoms with Crippen LogP contribution in [0.3, 0.4) is 0 Å². The predicted octanol–water partition coefficient (Wildman–Crippen LogP) is 5.06. The second-order valence-corrected chi connectivity index (χ2v) is 14.3. The molecular weight excluding hydrogens is 572 g/mol. The van der Waals surface area contributed by atoms with Gasteiger partial charge in [-0.05, 0) is 103 Å². The fourth-order valence-corrected chi connectivity index (χ4v) is 8.90. The van der Waals surface area contributed by atoms with Crippen molar-refractivity contribution in [3.8, 4) is 5.75 Å². The van der Waals surface area contributed by atoms with Crippen molar-refractivity contribution in [3.63, 3.8) is 0 Å². The van der Waals surface area contributed by atoms with Crippen LogP contribution in [0.1, 0.15) is 54.1 Å². The Morgan fingerprint density at radius 3 is 2.52 bits per heavy atom. The smallest absolute Gasteiger partial charge is 0.243 e. The van der Waals surface area contributed by atoms with Crippen molar-refractivity contribution in [1.29, 1.82) is 0 Å². The standard InChI is InChI=1S/C35H40N4O4S/c1-43-31-11-9-28-22-32(12-10-27(28)21-31)44(41,42)39-17-16-38-15-5-6-33(38)34(39)23-35(40)36-30-19-26-8-7-25(18-29(26)20-30)24-37-13-3-2-4-14-37/h5-12,15,18,21-22,30,34H,2-4,13-14,16-17,19-20,23-24H2,1H3,(H,36,40). The summed E-state index contributed by atoms with van der Waals surface area (Å²) < 4.78 is 37.1. The van der Waals surface area contributed by atoms with Crippen molar-refractivity contribution >= 4 is 26.7 Å². The molecule has 3 aliphatic rings. The van der Waals surface area contributed by atoms with Gasteiger partial charge in [-0.25, -0.2) is 8.42 Å². The molecular formula is C35H40N4O4S. The van der Waals surface area contributed by atoms with Gasteiger partial charge >= 0.3 is 0 Å². The van der Waals surface area contributed by atoms with E-state index in [-0.39, 0.29) is 23.3 Å². The minimum absolute atomic E-state index is 0.0145. The summed E-state index contributed by atoms with van der Waals surface area (Å²) in [7, 11) is -2.26. The Labute approximate surface area is 259 Å². The van der Waals surface area contributed by atoms with Crippen molar-refractivity contribution in [1.82, 2.24) is 19.1 Å². The maximum Gasteiger partial charge on any atom is 0.243 e. The SMILES string of the molecule is COc1ccc2cc(S(=O)(=O)N3CCn4cccc4C3CC(=O)NC3Cc4ccc(CN5CCCCC5)cc4C3)ccc2c1. The van der Waals surface area contributed by atoms with Gasteiger partial charge in [0.2, 0.25) is 15.9 Å². The zero-order valence-corrected chi connectivity index (χ0v) is 26.1. The largest absolute Gasteiger partial charge is 0.497 e. The van der Waals surface area contributed by atoms with E-state index in [1.807, 2.05) is 42.6 Å². The van der Waals surface area contributed by atoms with Crippen molar-refractivity contribution in [3.05, 3.63) is 95.3 Å². The Morgan fingerprint density at radius 1 is 0.886 bits per heavy atom. The molecule has 1 aromatic heterocycles. The second-order valence-electron chi connectivity index (χ2n) is 12.4. The number of carbonyl (C=O) groups is 1. The van der Waals surface area contributed by atoms with Crippen LogP contribution in [0, 0.1) is 0 Å². The first-order valence-corrected chi connectivity index (χ1v) is 17.2. The highest BCUT2D eigenvalue weighted by Gasteiger charge is 2.38. The zero-order chi connectivity index (χ0) is 30.3. The van der Waals surface area contributed by atoms with Gasteiger partial charge in [0, 0.05) is 44.0 Å². The number of rotatable bonds is 8. The average molecular weight is 613 g/mol. The highest BCUT2D eigenvalue weighted by molar-refractivity contribution is 7.89. The molecule has 1 aliphatic carbocycles. The predicted molar refractivity (Wildman–Crippen MR) is 171 cm³/mol. The molecule has 2 unspecified atom stereocenters. The van der Waals surface area contributed by atoms with Crippen LogP contribution in [0.15, 0.2) is 77.8 Å². The molecule has 7 rings (SSSR count). The molecule has 8 nitrogen and oxygen atoms in total. The molecule has 44 heavy (non-hydrogen) atoms. The van der Waals surface area contributed by atoms with Gasteiger partial charge in [0.25, 0.3) is 0 Å². The number of fused-ring (bicyclic) bond motifs is 3. The molecule has 2 atom stereocenters. The number of aromatic nitrogens is 1. The van der Waals surface area contributed by atoms with E-state index >= 15 is 0 Å². The summed E-state index contributed by atoms with van der Waals surface area (Å²) >= 11 is 0. The van der Waals surface area contributed by atoms with E-state index in [1.54, 1.807) is 19.2 Å². The first-order chi connectivity index (χ1) is 21.4. The fraction of sp³-hybridized carbons (Fsp3) is 0.400. The maximum absolute atomic E-state index is 14.1. The maximum atomic E-state index is 14.1. The van der Waals surface area contributed by atoms with Crippen LogP contribution in [0.2, 0.25) is 0 Å². The Balaban J connectivity index is 1.06. The monoisotopic (exact) mass is 612 g/mol. The summed E-state index contributed by atoms with van der Waals surface area (Å²) in [6.45, 7) is 4.17.